The minimum Gasteiger partial charge on any atom is -0.359 e. The van der Waals surface area contributed by atoms with Crippen LogP contribution in [0.5, 0.6) is 0 Å². The molecule has 8 heteroatoms. The van der Waals surface area contributed by atoms with Gasteiger partial charge in [-0.2, -0.15) is 0 Å². The number of rotatable bonds is 5. The van der Waals surface area contributed by atoms with E-state index in [1.54, 1.807) is 24.3 Å². The second-order valence-corrected chi connectivity index (χ2v) is 12.6. The van der Waals surface area contributed by atoms with Gasteiger partial charge in [0.15, 0.2) is 0 Å². The van der Waals surface area contributed by atoms with Crippen LogP contribution < -0.4 is 10.6 Å². The van der Waals surface area contributed by atoms with Gasteiger partial charge in [0, 0.05) is 22.8 Å². The maximum Gasteiger partial charge on any atom is 0.246 e. The molecule has 3 aliphatic heterocycles. The summed E-state index contributed by atoms with van der Waals surface area (Å²) in [6.07, 6.45) is 11.4. The molecule has 5 aliphatic rings. The van der Waals surface area contributed by atoms with Gasteiger partial charge in [-0.1, -0.05) is 69.7 Å². The summed E-state index contributed by atoms with van der Waals surface area (Å²) >= 11 is 6.01. The quantitative estimate of drug-likeness (QED) is 0.531. The van der Waals surface area contributed by atoms with Crippen molar-refractivity contribution in [1.29, 1.82) is 0 Å². The van der Waals surface area contributed by atoms with Gasteiger partial charge in [-0.05, 0) is 55.4 Å². The fourth-order valence-corrected chi connectivity index (χ4v) is 7.89. The summed E-state index contributed by atoms with van der Waals surface area (Å²) in [6.45, 7) is 4.46. The van der Waals surface area contributed by atoms with E-state index in [-0.39, 0.29) is 29.8 Å². The molecule has 2 saturated carbocycles. The Hall–Kier alpha value is -2.38. The first kappa shape index (κ1) is 25.9. The van der Waals surface area contributed by atoms with E-state index in [0.717, 1.165) is 44.9 Å². The zero-order valence-corrected chi connectivity index (χ0v) is 23.0. The predicted molar refractivity (Wildman–Crippen MR) is 145 cm³/mol. The van der Waals surface area contributed by atoms with Crippen LogP contribution in [0.15, 0.2) is 36.4 Å². The van der Waals surface area contributed by atoms with Crippen LogP contribution in [-0.4, -0.2) is 52.5 Å². The highest BCUT2D eigenvalue weighted by Crippen LogP contribution is 2.56. The van der Waals surface area contributed by atoms with Crippen molar-refractivity contribution in [3.63, 3.8) is 0 Å². The maximum absolute atomic E-state index is 14.2. The number of nitrogens with zero attached hydrogens (tertiary/aromatic N) is 1. The van der Waals surface area contributed by atoms with Crippen LogP contribution in [0.4, 0.5) is 5.69 Å². The zero-order chi connectivity index (χ0) is 26.6. The number of nitrogens with one attached hydrogen (secondary N) is 2. The van der Waals surface area contributed by atoms with Crippen molar-refractivity contribution in [3.05, 3.63) is 41.4 Å². The summed E-state index contributed by atoms with van der Waals surface area (Å²) in [7, 11) is 0. The normalized spacial score (nSPS) is 38.3. The Bertz CT molecular complexity index is 1130. The number of hydrogen-bond acceptors (Lipinski definition) is 4. The summed E-state index contributed by atoms with van der Waals surface area (Å²) in [4.78, 5) is 43.8. The number of benzene rings is 1. The Kier molecular flexibility index (Phi) is 6.79. The summed E-state index contributed by atoms with van der Waals surface area (Å²) in [5.74, 6) is -1.02. The van der Waals surface area contributed by atoms with Crippen molar-refractivity contribution in [1.82, 2.24) is 10.2 Å². The standard InChI is InChI=1S/C30H38ClN3O4/c1-17-7-6-10-22(18(17)2)33-28(36)26-30-16-15-23(38-30)24(27(35)32-20-13-11-19(31)12-14-20)25(30)29(37)34(26)21-8-4-3-5-9-21/h11-18,21-26H,3-10H2,1-2H3,(H,32,35)(H,33,36). The Morgan fingerprint density at radius 1 is 1.00 bits per heavy atom. The van der Waals surface area contributed by atoms with Crippen LogP contribution in [0.25, 0.3) is 0 Å². The third-order valence-electron chi connectivity index (χ3n) is 9.98. The minimum absolute atomic E-state index is 0.00861. The van der Waals surface area contributed by atoms with E-state index in [1.165, 1.54) is 6.42 Å². The fourth-order valence-electron chi connectivity index (χ4n) is 7.77. The largest absolute Gasteiger partial charge is 0.359 e. The van der Waals surface area contributed by atoms with E-state index in [1.807, 2.05) is 17.1 Å². The van der Waals surface area contributed by atoms with E-state index in [0.29, 0.717) is 22.5 Å². The van der Waals surface area contributed by atoms with E-state index in [4.69, 9.17) is 16.3 Å². The highest BCUT2D eigenvalue weighted by Gasteiger charge is 2.73. The SMILES string of the molecule is CC1CCCC(NC(=O)C2N(C3CCCCC3)C(=O)C3C(C(=O)Nc4ccc(Cl)cc4)C4C=CC32O4)C1C. The monoisotopic (exact) mass is 539 g/mol. The predicted octanol–water partition coefficient (Wildman–Crippen LogP) is 4.70. The number of amides is 3. The van der Waals surface area contributed by atoms with Crippen LogP contribution in [0.3, 0.4) is 0 Å². The van der Waals surface area contributed by atoms with Gasteiger partial charge in [0.2, 0.25) is 17.7 Å². The van der Waals surface area contributed by atoms with Crippen molar-refractivity contribution < 1.29 is 19.1 Å². The van der Waals surface area contributed by atoms with E-state index < -0.39 is 29.6 Å². The van der Waals surface area contributed by atoms with Crippen molar-refractivity contribution in [2.45, 2.75) is 95.0 Å². The molecule has 3 amide bonds. The van der Waals surface area contributed by atoms with Gasteiger partial charge in [-0.3, -0.25) is 14.4 Å². The lowest BCUT2D eigenvalue weighted by molar-refractivity contribution is -0.145. The summed E-state index contributed by atoms with van der Waals surface area (Å²) in [6, 6.07) is 6.23. The first-order valence-electron chi connectivity index (χ1n) is 14.4. The number of likely N-dealkylation sites (tertiary alicyclic amines) is 1. The number of hydrogen-bond donors (Lipinski definition) is 2. The molecule has 1 aromatic rings. The van der Waals surface area contributed by atoms with Crippen molar-refractivity contribution in [3.8, 4) is 0 Å². The van der Waals surface area contributed by atoms with Crippen LogP contribution in [0, 0.1) is 23.7 Å². The van der Waals surface area contributed by atoms with Crippen molar-refractivity contribution in [2.75, 3.05) is 5.32 Å². The van der Waals surface area contributed by atoms with Crippen LogP contribution >= 0.6 is 11.6 Å². The molecule has 0 aromatic heterocycles. The van der Waals surface area contributed by atoms with Crippen LogP contribution in [-0.2, 0) is 19.1 Å². The topological polar surface area (TPSA) is 87.7 Å². The zero-order valence-electron chi connectivity index (χ0n) is 22.2. The highest BCUT2D eigenvalue weighted by atomic mass is 35.5. The van der Waals surface area contributed by atoms with Gasteiger partial charge >= 0.3 is 0 Å². The molecule has 2 saturated heterocycles. The van der Waals surface area contributed by atoms with Gasteiger partial charge in [0.1, 0.15) is 11.6 Å². The molecule has 6 rings (SSSR count). The van der Waals surface area contributed by atoms with Gasteiger partial charge in [0.25, 0.3) is 0 Å². The lowest BCUT2D eigenvalue weighted by Gasteiger charge is -2.40. The summed E-state index contributed by atoms with van der Waals surface area (Å²) in [5.41, 5.74) is -0.501. The molecule has 7 nitrogen and oxygen atoms in total. The molecule has 4 fully saturated rings. The number of fused-ring (bicyclic) bond motifs is 1. The maximum atomic E-state index is 14.2. The lowest BCUT2D eigenvalue weighted by atomic mass is 9.73. The minimum atomic E-state index is -1.12. The van der Waals surface area contributed by atoms with Crippen LogP contribution in [0.1, 0.15) is 65.2 Å². The van der Waals surface area contributed by atoms with E-state index in [2.05, 4.69) is 24.5 Å². The summed E-state index contributed by atoms with van der Waals surface area (Å²) < 4.78 is 6.52. The number of halogens is 1. The van der Waals surface area contributed by atoms with Gasteiger partial charge in [-0.25, -0.2) is 0 Å². The molecule has 8 unspecified atom stereocenters. The second-order valence-electron chi connectivity index (χ2n) is 12.1. The highest BCUT2D eigenvalue weighted by molar-refractivity contribution is 6.30. The average molecular weight is 540 g/mol. The molecule has 1 spiro atoms. The third-order valence-corrected chi connectivity index (χ3v) is 10.2. The first-order valence-corrected chi connectivity index (χ1v) is 14.7. The molecule has 2 N–H and O–H groups in total. The molecular formula is C30H38ClN3O4. The van der Waals surface area contributed by atoms with Crippen LogP contribution in [0.2, 0.25) is 5.02 Å². The smallest absolute Gasteiger partial charge is 0.246 e. The van der Waals surface area contributed by atoms with Gasteiger partial charge < -0.3 is 20.3 Å². The summed E-state index contributed by atoms with van der Waals surface area (Å²) in [5, 5.41) is 6.89. The Labute approximate surface area is 229 Å². The third kappa shape index (κ3) is 4.17. The Morgan fingerprint density at radius 3 is 2.47 bits per heavy atom. The van der Waals surface area contributed by atoms with Gasteiger partial charge in [0.05, 0.1) is 17.9 Å². The number of ether oxygens (including phenoxy) is 1. The number of anilines is 1. The molecule has 2 aliphatic carbocycles. The molecule has 2 bridgehead atoms. The molecule has 3 heterocycles. The number of carbonyl (C=O) groups is 3. The molecule has 38 heavy (non-hydrogen) atoms. The molecule has 204 valence electrons. The van der Waals surface area contributed by atoms with Crippen molar-refractivity contribution in [2.24, 2.45) is 23.7 Å². The fraction of sp³-hybridized carbons (Fsp3) is 0.633. The Morgan fingerprint density at radius 2 is 1.74 bits per heavy atom. The van der Waals surface area contributed by atoms with E-state index >= 15 is 0 Å². The molecular weight excluding hydrogens is 502 g/mol. The molecule has 1 aromatic carbocycles. The van der Waals surface area contributed by atoms with E-state index in [9.17, 15) is 14.4 Å². The first-order chi connectivity index (χ1) is 18.3. The van der Waals surface area contributed by atoms with Crippen molar-refractivity contribution >= 4 is 35.0 Å². The second kappa shape index (κ2) is 9.98. The molecule has 0 radical (unpaired) electrons. The molecule has 8 atom stereocenters. The lowest BCUT2D eigenvalue weighted by Crippen LogP contribution is -2.59. The van der Waals surface area contributed by atoms with Gasteiger partial charge in [-0.15, -0.1) is 0 Å². The average Bonchev–Trinajstić information content (AvgIpc) is 3.56. The number of carbonyl (C=O) groups excluding carboxylic acids is 3. The Balaban J connectivity index is 1.31.